The normalized spacial score (nSPS) is 19.3. The highest BCUT2D eigenvalue weighted by Crippen LogP contribution is 2.41. The summed E-state index contributed by atoms with van der Waals surface area (Å²) in [6.45, 7) is 7.77. The molecule has 148 valence electrons. The van der Waals surface area contributed by atoms with Gasteiger partial charge in [0, 0.05) is 38.8 Å². The van der Waals surface area contributed by atoms with Crippen molar-refractivity contribution in [1.82, 2.24) is 14.9 Å². The molecule has 3 heterocycles. The van der Waals surface area contributed by atoms with Gasteiger partial charge in [-0.3, -0.25) is 9.78 Å². The summed E-state index contributed by atoms with van der Waals surface area (Å²) in [5.41, 5.74) is 3.55. The third kappa shape index (κ3) is 4.03. The quantitative estimate of drug-likeness (QED) is 0.816. The fourth-order valence-electron chi connectivity index (χ4n) is 4.64. The Morgan fingerprint density at radius 1 is 1.07 bits per heavy atom. The fourth-order valence-corrected chi connectivity index (χ4v) is 4.64. The maximum Gasteiger partial charge on any atom is 0.222 e. The van der Waals surface area contributed by atoms with Gasteiger partial charge in [-0.1, -0.05) is 30.3 Å². The topological polar surface area (TPSA) is 49.3 Å². The Labute approximate surface area is 167 Å². The number of anilines is 1. The Morgan fingerprint density at radius 2 is 1.82 bits per heavy atom. The van der Waals surface area contributed by atoms with Crippen LogP contribution in [0, 0.1) is 19.3 Å². The number of aromatic nitrogens is 2. The predicted molar refractivity (Wildman–Crippen MR) is 111 cm³/mol. The summed E-state index contributed by atoms with van der Waals surface area (Å²) in [6.07, 6.45) is 6.74. The van der Waals surface area contributed by atoms with E-state index in [1.807, 2.05) is 26.1 Å². The number of rotatable bonds is 4. The molecule has 2 aliphatic heterocycles. The Morgan fingerprint density at radius 3 is 2.57 bits per heavy atom. The molecule has 1 spiro atoms. The zero-order valence-corrected chi connectivity index (χ0v) is 17.0. The molecule has 4 rings (SSSR count). The van der Waals surface area contributed by atoms with Gasteiger partial charge in [0.05, 0.1) is 11.4 Å². The van der Waals surface area contributed by atoms with Crippen LogP contribution in [0.25, 0.3) is 0 Å². The summed E-state index contributed by atoms with van der Waals surface area (Å²) >= 11 is 0. The van der Waals surface area contributed by atoms with Crippen molar-refractivity contribution in [2.24, 2.45) is 5.41 Å². The van der Waals surface area contributed by atoms with Crippen molar-refractivity contribution < 1.29 is 4.79 Å². The van der Waals surface area contributed by atoms with E-state index in [0.717, 1.165) is 69.1 Å². The van der Waals surface area contributed by atoms with E-state index in [1.54, 1.807) is 0 Å². The van der Waals surface area contributed by atoms with Gasteiger partial charge in [0.25, 0.3) is 0 Å². The van der Waals surface area contributed by atoms with Crippen molar-refractivity contribution in [2.45, 2.75) is 46.0 Å². The molecule has 1 amide bonds. The number of likely N-dealkylation sites (tertiary alicyclic amines) is 1. The van der Waals surface area contributed by atoms with Crippen LogP contribution in [-0.4, -0.2) is 47.0 Å². The molecule has 0 unspecified atom stereocenters. The number of carbonyl (C=O) groups is 1. The van der Waals surface area contributed by atoms with E-state index in [9.17, 15) is 4.79 Å². The van der Waals surface area contributed by atoms with Crippen molar-refractivity contribution >= 4 is 11.7 Å². The first-order valence-electron chi connectivity index (χ1n) is 10.4. The highest BCUT2D eigenvalue weighted by atomic mass is 16.2. The molecular formula is C23H30N4O. The molecule has 0 bridgehead atoms. The van der Waals surface area contributed by atoms with Crippen LogP contribution < -0.4 is 4.90 Å². The smallest absolute Gasteiger partial charge is 0.222 e. The molecule has 0 aliphatic carbocycles. The SMILES string of the molecule is Cc1cnc(C)c(N2CCC3(CCC(=O)N(CCc4ccccc4)C3)CC2)n1. The standard InChI is InChI=1S/C23H30N4O/c1-18-16-24-19(2)22(25-18)26-14-11-23(12-15-26)10-8-21(28)27(17-23)13-9-20-6-4-3-5-7-20/h3-7,16H,8-15,17H2,1-2H3. The monoisotopic (exact) mass is 378 g/mol. The zero-order valence-electron chi connectivity index (χ0n) is 17.0. The predicted octanol–water partition coefficient (Wildman–Crippen LogP) is 3.55. The van der Waals surface area contributed by atoms with E-state index in [1.165, 1.54) is 5.56 Å². The summed E-state index contributed by atoms with van der Waals surface area (Å²) in [5.74, 6) is 1.35. The summed E-state index contributed by atoms with van der Waals surface area (Å²) in [5, 5.41) is 0. The molecule has 2 aromatic rings. The second kappa shape index (κ2) is 7.90. The van der Waals surface area contributed by atoms with Gasteiger partial charge in [0.15, 0.2) is 0 Å². The van der Waals surface area contributed by atoms with Crippen LogP contribution in [0.5, 0.6) is 0 Å². The van der Waals surface area contributed by atoms with Gasteiger partial charge in [-0.25, -0.2) is 4.98 Å². The fraction of sp³-hybridized carbons (Fsp3) is 0.522. The maximum atomic E-state index is 12.5. The lowest BCUT2D eigenvalue weighted by Crippen LogP contribution is -2.52. The zero-order chi connectivity index (χ0) is 19.6. The second-order valence-electron chi connectivity index (χ2n) is 8.46. The van der Waals surface area contributed by atoms with Gasteiger partial charge in [-0.05, 0) is 50.5 Å². The molecule has 0 N–H and O–H groups in total. The molecule has 5 heteroatoms. The van der Waals surface area contributed by atoms with Crippen molar-refractivity contribution in [3.63, 3.8) is 0 Å². The van der Waals surface area contributed by atoms with Crippen molar-refractivity contribution in [3.05, 3.63) is 53.5 Å². The minimum Gasteiger partial charge on any atom is -0.355 e. The minimum absolute atomic E-state index is 0.270. The van der Waals surface area contributed by atoms with Crippen LogP contribution in [0.2, 0.25) is 0 Å². The number of aryl methyl sites for hydroxylation is 2. The first-order valence-corrected chi connectivity index (χ1v) is 10.4. The van der Waals surface area contributed by atoms with Gasteiger partial charge >= 0.3 is 0 Å². The Bertz CT molecular complexity index is 828. The van der Waals surface area contributed by atoms with Crippen molar-refractivity contribution in [2.75, 3.05) is 31.1 Å². The number of piperidine rings is 2. The summed E-state index contributed by atoms with van der Waals surface area (Å²) in [4.78, 5) is 26.2. The van der Waals surface area contributed by atoms with E-state index < -0.39 is 0 Å². The average Bonchev–Trinajstić information content (AvgIpc) is 2.72. The average molecular weight is 379 g/mol. The molecule has 1 aromatic carbocycles. The summed E-state index contributed by atoms with van der Waals surface area (Å²) in [6, 6.07) is 10.5. The number of hydrogen-bond donors (Lipinski definition) is 0. The number of amides is 1. The molecule has 28 heavy (non-hydrogen) atoms. The van der Waals surface area contributed by atoms with Gasteiger partial charge < -0.3 is 9.80 Å². The lowest BCUT2D eigenvalue weighted by Gasteiger charge is -2.48. The van der Waals surface area contributed by atoms with Gasteiger partial charge in [-0.15, -0.1) is 0 Å². The van der Waals surface area contributed by atoms with E-state index >= 15 is 0 Å². The third-order valence-corrected chi connectivity index (χ3v) is 6.44. The molecule has 2 fully saturated rings. The van der Waals surface area contributed by atoms with Crippen LogP contribution in [0.1, 0.15) is 42.6 Å². The van der Waals surface area contributed by atoms with E-state index in [2.05, 4.69) is 39.0 Å². The first kappa shape index (κ1) is 18.9. The molecular weight excluding hydrogens is 348 g/mol. The summed E-state index contributed by atoms with van der Waals surface area (Å²) < 4.78 is 0. The van der Waals surface area contributed by atoms with Crippen molar-refractivity contribution in [1.29, 1.82) is 0 Å². The van der Waals surface area contributed by atoms with E-state index in [0.29, 0.717) is 12.3 Å². The van der Waals surface area contributed by atoms with Crippen LogP contribution in [0.4, 0.5) is 5.82 Å². The Kier molecular flexibility index (Phi) is 5.33. The van der Waals surface area contributed by atoms with E-state index in [4.69, 9.17) is 4.98 Å². The van der Waals surface area contributed by atoms with Gasteiger partial charge in [-0.2, -0.15) is 0 Å². The van der Waals surface area contributed by atoms with Crippen LogP contribution in [0.3, 0.4) is 0 Å². The molecule has 5 nitrogen and oxygen atoms in total. The Hall–Kier alpha value is -2.43. The van der Waals surface area contributed by atoms with Crippen LogP contribution >= 0.6 is 0 Å². The second-order valence-corrected chi connectivity index (χ2v) is 8.46. The first-order chi connectivity index (χ1) is 13.5. The van der Waals surface area contributed by atoms with E-state index in [-0.39, 0.29) is 5.41 Å². The largest absolute Gasteiger partial charge is 0.355 e. The maximum absolute atomic E-state index is 12.5. The molecule has 0 radical (unpaired) electrons. The molecule has 2 aliphatic rings. The molecule has 0 saturated carbocycles. The minimum atomic E-state index is 0.270. The third-order valence-electron chi connectivity index (χ3n) is 6.44. The lowest BCUT2D eigenvalue weighted by molar-refractivity contribution is -0.138. The summed E-state index contributed by atoms with van der Waals surface area (Å²) in [7, 11) is 0. The van der Waals surface area contributed by atoms with Crippen LogP contribution in [0.15, 0.2) is 36.5 Å². The highest BCUT2D eigenvalue weighted by molar-refractivity contribution is 5.77. The number of nitrogens with zero attached hydrogens (tertiary/aromatic N) is 4. The van der Waals surface area contributed by atoms with Gasteiger partial charge in [0.2, 0.25) is 5.91 Å². The number of carbonyl (C=O) groups excluding carboxylic acids is 1. The lowest BCUT2D eigenvalue weighted by atomic mass is 9.72. The Balaban J connectivity index is 1.39. The highest BCUT2D eigenvalue weighted by Gasteiger charge is 2.41. The molecule has 1 aromatic heterocycles. The van der Waals surface area contributed by atoms with Crippen LogP contribution in [-0.2, 0) is 11.2 Å². The van der Waals surface area contributed by atoms with Crippen molar-refractivity contribution in [3.8, 4) is 0 Å². The molecule has 0 atom stereocenters. The number of hydrogen-bond acceptors (Lipinski definition) is 4. The van der Waals surface area contributed by atoms with Gasteiger partial charge in [0.1, 0.15) is 5.82 Å². The molecule has 2 saturated heterocycles. The number of benzene rings is 1.